The van der Waals surface area contributed by atoms with E-state index in [1.54, 1.807) is 31.2 Å². The average Bonchev–Trinajstić information content (AvgIpc) is 2.61. The van der Waals surface area contributed by atoms with Crippen LogP contribution in [0, 0.1) is 0 Å². The number of carbonyl (C=O) groups excluding carboxylic acids is 2. The number of carbonyl (C=O) groups is 2. The molecule has 2 aromatic carbocycles. The predicted molar refractivity (Wildman–Crippen MR) is 103 cm³/mol. The molecule has 2 aromatic rings. The first-order valence-corrected chi connectivity index (χ1v) is 10.3. The van der Waals surface area contributed by atoms with Crippen molar-refractivity contribution in [1.82, 2.24) is 10.6 Å². The van der Waals surface area contributed by atoms with Gasteiger partial charge in [-0.2, -0.15) is 0 Å². The van der Waals surface area contributed by atoms with Gasteiger partial charge >= 0.3 is 6.03 Å². The summed E-state index contributed by atoms with van der Waals surface area (Å²) in [5.74, 6) is -0.266. The number of nitrogens with one attached hydrogen (secondary N) is 2. The van der Waals surface area contributed by atoms with E-state index in [4.69, 9.17) is 5.73 Å². The lowest BCUT2D eigenvalue weighted by atomic mass is 10.0. The molecule has 0 aliphatic rings. The third-order valence-corrected chi connectivity index (χ3v) is 5.22. The number of hydrogen-bond acceptors (Lipinski definition) is 4. The maximum atomic E-state index is 12.4. The Kier molecular flexibility index (Phi) is 6.57. The highest BCUT2D eigenvalue weighted by Crippen LogP contribution is 2.19. The summed E-state index contributed by atoms with van der Waals surface area (Å²) in [5.41, 5.74) is 6.76. The predicted octanol–water partition coefficient (Wildman–Crippen LogP) is 2.07. The summed E-state index contributed by atoms with van der Waals surface area (Å²) < 4.78 is 23.0. The second kappa shape index (κ2) is 8.68. The zero-order valence-corrected chi connectivity index (χ0v) is 16.0. The van der Waals surface area contributed by atoms with E-state index >= 15 is 0 Å². The average molecular weight is 389 g/mol. The Hall–Kier alpha value is -2.87. The fourth-order valence-electron chi connectivity index (χ4n) is 2.68. The molecule has 4 N–H and O–H groups in total. The lowest BCUT2D eigenvalue weighted by molar-refractivity contribution is -0.122. The summed E-state index contributed by atoms with van der Waals surface area (Å²) in [6.45, 7) is 1.80. The van der Waals surface area contributed by atoms with Crippen LogP contribution in [0.3, 0.4) is 0 Å². The van der Waals surface area contributed by atoms with Crippen molar-refractivity contribution >= 4 is 21.8 Å². The van der Waals surface area contributed by atoms with Crippen LogP contribution in [0.1, 0.15) is 36.6 Å². The third kappa shape index (κ3) is 6.10. The fraction of sp³-hybridized carbons (Fsp3) is 0.263. The molecule has 3 amide bonds. The van der Waals surface area contributed by atoms with Crippen LogP contribution in [0.15, 0.2) is 59.5 Å². The molecule has 2 rings (SSSR count). The smallest absolute Gasteiger partial charge is 0.312 e. The first-order valence-electron chi connectivity index (χ1n) is 8.37. The molecular formula is C19H23N3O4S. The Balaban J connectivity index is 2.05. The molecule has 0 aromatic heterocycles. The van der Waals surface area contributed by atoms with Crippen LogP contribution < -0.4 is 16.4 Å². The molecule has 0 unspecified atom stereocenters. The number of benzene rings is 2. The molecule has 0 aliphatic heterocycles. The number of primary amides is 1. The summed E-state index contributed by atoms with van der Waals surface area (Å²) in [5, 5.41) is 5.42. The van der Waals surface area contributed by atoms with E-state index in [2.05, 4.69) is 10.6 Å². The van der Waals surface area contributed by atoms with E-state index in [1.165, 1.54) is 12.1 Å². The van der Waals surface area contributed by atoms with E-state index in [1.807, 2.05) is 18.2 Å². The molecule has 0 bridgehead atoms. The van der Waals surface area contributed by atoms with Crippen molar-refractivity contribution in [2.24, 2.45) is 5.73 Å². The highest BCUT2D eigenvalue weighted by atomic mass is 32.2. The van der Waals surface area contributed by atoms with Gasteiger partial charge < -0.3 is 16.4 Å². The van der Waals surface area contributed by atoms with Gasteiger partial charge in [-0.3, -0.25) is 4.79 Å². The SMILES string of the molecule is C[C@@H](NC(=O)C[C@@H](NC(N)=O)c1ccccc1)c1ccc(S(C)(=O)=O)cc1. The number of sulfone groups is 1. The first-order chi connectivity index (χ1) is 12.7. The number of hydrogen-bond donors (Lipinski definition) is 3. The van der Waals surface area contributed by atoms with Crippen LogP contribution in [0.25, 0.3) is 0 Å². The topological polar surface area (TPSA) is 118 Å². The molecule has 0 spiro atoms. The Morgan fingerprint density at radius 1 is 0.963 bits per heavy atom. The van der Waals surface area contributed by atoms with Gasteiger partial charge in [-0.1, -0.05) is 42.5 Å². The van der Waals surface area contributed by atoms with Gasteiger partial charge in [0.05, 0.1) is 23.4 Å². The van der Waals surface area contributed by atoms with Crippen molar-refractivity contribution in [3.63, 3.8) is 0 Å². The van der Waals surface area contributed by atoms with Crippen LogP contribution in [-0.4, -0.2) is 26.6 Å². The van der Waals surface area contributed by atoms with Gasteiger partial charge in [0.15, 0.2) is 9.84 Å². The summed E-state index contributed by atoms with van der Waals surface area (Å²) >= 11 is 0. The fourth-order valence-corrected chi connectivity index (χ4v) is 3.31. The number of rotatable bonds is 7. The Morgan fingerprint density at radius 3 is 2.07 bits per heavy atom. The van der Waals surface area contributed by atoms with Gasteiger partial charge in [0.25, 0.3) is 0 Å². The van der Waals surface area contributed by atoms with Crippen molar-refractivity contribution in [2.75, 3.05) is 6.26 Å². The lowest BCUT2D eigenvalue weighted by Gasteiger charge is -2.20. The minimum Gasteiger partial charge on any atom is -0.352 e. The first kappa shape index (κ1) is 20.4. The molecule has 0 fully saturated rings. The van der Waals surface area contributed by atoms with Crippen LogP contribution in [0.5, 0.6) is 0 Å². The second-order valence-electron chi connectivity index (χ2n) is 6.31. The minimum atomic E-state index is -3.27. The molecule has 0 saturated heterocycles. The van der Waals surface area contributed by atoms with E-state index in [0.29, 0.717) is 0 Å². The summed E-state index contributed by atoms with van der Waals surface area (Å²) in [6, 6.07) is 13.9. The van der Waals surface area contributed by atoms with E-state index in [0.717, 1.165) is 17.4 Å². The summed E-state index contributed by atoms with van der Waals surface area (Å²) in [7, 11) is -3.27. The second-order valence-corrected chi connectivity index (χ2v) is 8.32. The molecule has 2 atom stereocenters. The molecule has 7 nitrogen and oxygen atoms in total. The van der Waals surface area contributed by atoms with Crippen LogP contribution in [0.2, 0.25) is 0 Å². The third-order valence-electron chi connectivity index (χ3n) is 4.09. The van der Waals surface area contributed by atoms with Gasteiger partial charge in [0.1, 0.15) is 0 Å². The summed E-state index contributed by atoms with van der Waals surface area (Å²) in [4.78, 5) is 23.9. The van der Waals surface area contributed by atoms with Crippen molar-refractivity contribution < 1.29 is 18.0 Å². The van der Waals surface area contributed by atoms with Crippen LogP contribution in [-0.2, 0) is 14.6 Å². The van der Waals surface area contributed by atoms with E-state index in [-0.39, 0.29) is 23.3 Å². The van der Waals surface area contributed by atoms with Crippen LogP contribution in [0.4, 0.5) is 4.79 Å². The van der Waals surface area contributed by atoms with Gasteiger partial charge in [-0.15, -0.1) is 0 Å². The molecule has 27 heavy (non-hydrogen) atoms. The molecular weight excluding hydrogens is 366 g/mol. The van der Waals surface area contributed by atoms with Crippen molar-refractivity contribution in [2.45, 2.75) is 30.3 Å². The Labute approximate surface area is 158 Å². The van der Waals surface area contributed by atoms with Gasteiger partial charge in [-0.25, -0.2) is 13.2 Å². The van der Waals surface area contributed by atoms with Gasteiger partial charge in [-0.05, 0) is 30.2 Å². The van der Waals surface area contributed by atoms with Crippen molar-refractivity contribution in [3.05, 3.63) is 65.7 Å². The minimum absolute atomic E-state index is 0.0265. The highest BCUT2D eigenvalue weighted by Gasteiger charge is 2.19. The maximum absolute atomic E-state index is 12.4. The van der Waals surface area contributed by atoms with E-state index in [9.17, 15) is 18.0 Å². The summed E-state index contributed by atoms with van der Waals surface area (Å²) in [6.07, 6.45) is 1.17. The lowest BCUT2D eigenvalue weighted by Crippen LogP contribution is -2.37. The molecule has 0 saturated carbocycles. The molecule has 8 heteroatoms. The molecule has 144 valence electrons. The molecule has 0 aliphatic carbocycles. The quantitative estimate of drug-likeness (QED) is 0.672. The number of amides is 3. The van der Waals surface area contributed by atoms with Gasteiger partial charge in [0.2, 0.25) is 5.91 Å². The Bertz CT molecular complexity index is 896. The number of urea groups is 1. The number of nitrogens with two attached hydrogens (primary N) is 1. The van der Waals surface area contributed by atoms with Crippen molar-refractivity contribution in [3.8, 4) is 0 Å². The van der Waals surface area contributed by atoms with E-state index < -0.39 is 21.9 Å². The van der Waals surface area contributed by atoms with Crippen molar-refractivity contribution in [1.29, 1.82) is 0 Å². The monoisotopic (exact) mass is 389 g/mol. The zero-order valence-electron chi connectivity index (χ0n) is 15.2. The maximum Gasteiger partial charge on any atom is 0.312 e. The molecule has 0 radical (unpaired) electrons. The highest BCUT2D eigenvalue weighted by molar-refractivity contribution is 7.90. The normalized spacial score (nSPS) is 13.4. The standard InChI is InChI=1S/C19H23N3O4S/c1-13(14-8-10-16(11-9-14)27(2,25)26)21-18(23)12-17(22-19(20)24)15-6-4-3-5-7-15/h3-11,13,17H,12H2,1-2H3,(H,21,23)(H3,20,22,24)/t13-,17-/m1/s1. The zero-order chi connectivity index (χ0) is 20.0. The molecule has 0 heterocycles. The largest absolute Gasteiger partial charge is 0.352 e. The van der Waals surface area contributed by atoms with Crippen LogP contribution >= 0.6 is 0 Å². The Morgan fingerprint density at radius 2 is 1.56 bits per heavy atom. The van der Waals surface area contributed by atoms with Gasteiger partial charge in [0, 0.05) is 6.26 Å².